The first-order valence-corrected chi connectivity index (χ1v) is 7.41. The van der Waals surface area contributed by atoms with E-state index in [2.05, 4.69) is 10.6 Å². The van der Waals surface area contributed by atoms with Crippen molar-refractivity contribution >= 4 is 11.7 Å². The monoisotopic (exact) mass is 298 g/mol. The summed E-state index contributed by atoms with van der Waals surface area (Å²) in [6.45, 7) is 2.45. The van der Waals surface area contributed by atoms with Gasteiger partial charge >= 0.3 is 6.03 Å². The molecule has 0 aromatic heterocycles. The number of ether oxygens (including phenoxy) is 1. The zero-order valence-electron chi connectivity index (χ0n) is 13.0. The second-order valence-electron chi connectivity index (χ2n) is 5.09. The Morgan fingerprint density at radius 2 is 1.64 bits per heavy atom. The van der Waals surface area contributed by atoms with Crippen molar-refractivity contribution in [2.24, 2.45) is 0 Å². The minimum atomic E-state index is -0.519. The molecule has 2 aromatic rings. The van der Waals surface area contributed by atoms with Gasteiger partial charge in [-0.2, -0.15) is 0 Å². The van der Waals surface area contributed by atoms with Crippen LogP contribution in [0.5, 0.6) is 0 Å². The number of nitrogens with one attached hydrogen (secondary N) is 2. The van der Waals surface area contributed by atoms with Crippen molar-refractivity contribution in [1.29, 1.82) is 0 Å². The molecule has 4 heteroatoms. The summed E-state index contributed by atoms with van der Waals surface area (Å²) in [5.41, 5.74) is 1.30. The molecular weight excluding hydrogens is 276 g/mol. The van der Waals surface area contributed by atoms with E-state index in [1.54, 1.807) is 7.11 Å². The fraction of sp³-hybridized carbons (Fsp3) is 0.278. The molecule has 0 bridgehead atoms. The smallest absolute Gasteiger partial charge is 0.319 e. The summed E-state index contributed by atoms with van der Waals surface area (Å²) in [6.07, 6.45) is 0.763. The number of carbonyl (C=O) groups is 1. The summed E-state index contributed by atoms with van der Waals surface area (Å²) in [5, 5.41) is 5.71. The van der Waals surface area contributed by atoms with E-state index in [0.29, 0.717) is 6.54 Å². The van der Waals surface area contributed by atoms with Crippen molar-refractivity contribution in [1.82, 2.24) is 5.32 Å². The topological polar surface area (TPSA) is 50.4 Å². The van der Waals surface area contributed by atoms with Gasteiger partial charge in [0.2, 0.25) is 0 Å². The highest BCUT2D eigenvalue weighted by atomic mass is 16.5. The summed E-state index contributed by atoms with van der Waals surface area (Å²) in [7, 11) is 1.67. The van der Waals surface area contributed by atoms with Gasteiger partial charge in [-0.1, -0.05) is 55.5 Å². The Morgan fingerprint density at radius 3 is 2.18 bits per heavy atom. The molecule has 22 heavy (non-hydrogen) atoms. The predicted molar refractivity (Wildman–Crippen MR) is 88.9 cm³/mol. The molecular formula is C18H22N2O2. The Hall–Kier alpha value is -2.33. The molecule has 0 saturated carbocycles. The van der Waals surface area contributed by atoms with Gasteiger partial charge < -0.3 is 15.4 Å². The SMILES string of the molecule is CCC(CNC(=O)Nc1ccccc1)(OC)c1ccccc1. The van der Waals surface area contributed by atoms with Crippen molar-refractivity contribution < 1.29 is 9.53 Å². The van der Waals surface area contributed by atoms with E-state index >= 15 is 0 Å². The van der Waals surface area contributed by atoms with Crippen LogP contribution in [0.2, 0.25) is 0 Å². The first kappa shape index (κ1) is 16.0. The van der Waals surface area contributed by atoms with Gasteiger partial charge in [-0.25, -0.2) is 4.79 Å². The highest BCUT2D eigenvalue weighted by molar-refractivity contribution is 5.89. The molecule has 116 valence electrons. The van der Waals surface area contributed by atoms with Gasteiger partial charge in [0.1, 0.15) is 5.60 Å². The molecule has 0 spiro atoms. The van der Waals surface area contributed by atoms with E-state index in [0.717, 1.165) is 17.7 Å². The third-order valence-electron chi connectivity index (χ3n) is 3.83. The average molecular weight is 298 g/mol. The van der Waals surface area contributed by atoms with Crippen LogP contribution >= 0.6 is 0 Å². The van der Waals surface area contributed by atoms with Crippen LogP contribution in [0, 0.1) is 0 Å². The van der Waals surface area contributed by atoms with E-state index in [-0.39, 0.29) is 6.03 Å². The average Bonchev–Trinajstić information content (AvgIpc) is 2.58. The normalized spacial score (nSPS) is 13.2. The van der Waals surface area contributed by atoms with Crippen molar-refractivity contribution in [2.75, 3.05) is 19.0 Å². The van der Waals surface area contributed by atoms with Crippen LogP contribution < -0.4 is 10.6 Å². The Morgan fingerprint density at radius 1 is 1.05 bits per heavy atom. The molecule has 2 aromatic carbocycles. The van der Waals surface area contributed by atoms with Crippen molar-refractivity contribution in [2.45, 2.75) is 18.9 Å². The minimum absolute atomic E-state index is 0.239. The lowest BCUT2D eigenvalue weighted by molar-refractivity contribution is -0.0149. The molecule has 2 N–H and O–H groups in total. The fourth-order valence-electron chi connectivity index (χ4n) is 2.43. The number of para-hydroxylation sites is 1. The Bertz CT molecular complexity index is 581. The molecule has 0 aliphatic rings. The number of methoxy groups -OCH3 is 1. The zero-order valence-corrected chi connectivity index (χ0v) is 13.0. The fourth-order valence-corrected chi connectivity index (χ4v) is 2.43. The lowest BCUT2D eigenvalue weighted by Gasteiger charge is -2.32. The van der Waals surface area contributed by atoms with Gasteiger partial charge in [0.25, 0.3) is 0 Å². The molecule has 1 unspecified atom stereocenters. The maximum absolute atomic E-state index is 12.0. The number of hydrogen-bond acceptors (Lipinski definition) is 2. The van der Waals surface area contributed by atoms with Gasteiger partial charge in [0.15, 0.2) is 0 Å². The summed E-state index contributed by atoms with van der Waals surface area (Å²) in [4.78, 5) is 12.0. The van der Waals surface area contributed by atoms with Gasteiger partial charge in [-0.15, -0.1) is 0 Å². The second kappa shape index (κ2) is 7.61. The van der Waals surface area contributed by atoms with E-state index < -0.39 is 5.60 Å². The predicted octanol–water partition coefficient (Wildman–Crippen LogP) is 3.76. The number of amides is 2. The number of benzene rings is 2. The molecule has 0 aliphatic heterocycles. The van der Waals surface area contributed by atoms with E-state index in [1.165, 1.54) is 0 Å². The molecule has 2 rings (SSSR count). The first-order chi connectivity index (χ1) is 10.7. The molecule has 1 atom stereocenters. The van der Waals surface area contributed by atoms with Gasteiger partial charge in [0, 0.05) is 12.8 Å². The zero-order chi connectivity index (χ0) is 15.8. The van der Waals surface area contributed by atoms with Crippen LogP contribution in [0.25, 0.3) is 0 Å². The quantitative estimate of drug-likeness (QED) is 0.853. The Kier molecular flexibility index (Phi) is 5.55. The minimum Gasteiger partial charge on any atom is -0.372 e. The standard InChI is InChI=1S/C18H22N2O2/c1-3-18(22-2,15-10-6-4-7-11-15)14-19-17(21)20-16-12-8-5-9-13-16/h4-13H,3,14H2,1-2H3,(H2,19,20,21). The molecule has 2 amide bonds. The molecule has 0 fully saturated rings. The molecule has 0 aliphatic carbocycles. The summed E-state index contributed by atoms with van der Waals surface area (Å²) >= 11 is 0. The number of rotatable bonds is 6. The van der Waals surface area contributed by atoms with Gasteiger partial charge in [0.05, 0.1) is 6.54 Å². The van der Waals surface area contributed by atoms with Crippen LogP contribution in [0.1, 0.15) is 18.9 Å². The Labute approximate surface area is 131 Å². The maximum atomic E-state index is 12.0. The Balaban J connectivity index is 2.02. The van der Waals surface area contributed by atoms with E-state index in [9.17, 15) is 4.79 Å². The highest BCUT2D eigenvalue weighted by Gasteiger charge is 2.30. The van der Waals surface area contributed by atoms with Crippen LogP contribution in [0.3, 0.4) is 0 Å². The molecule has 0 heterocycles. The maximum Gasteiger partial charge on any atom is 0.319 e. The van der Waals surface area contributed by atoms with Crippen molar-refractivity contribution in [3.05, 3.63) is 66.2 Å². The third-order valence-corrected chi connectivity index (χ3v) is 3.83. The number of urea groups is 1. The second-order valence-corrected chi connectivity index (χ2v) is 5.09. The van der Waals surface area contributed by atoms with Gasteiger partial charge in [-0.3, -0.25) is 0 Å². The van der Waals surface area contributed by atoms with Gasteiger partial charge in [-0.05, 0) is 24.1 Å². The molecule has 0 saturated heterocycles. The number of anilines is 1. The van der Waals surface area contributed by atoms with Crippen LogP contribution in [-0.2, 0) is 10.3 Å². The van der Waals surface area contributed by atoms with Crippen LogP contribution in [0.4, 0.5) is 10.5 Å². The summed E-state index contributed by atoms with van der Waals surface area (Å²) < 4.78 is 5.73. The summed E-state index contributed by atoms with van der Waals surface area (Å²) in [5.74, 6) is 0. The number of hydrogen-bond donors (Lipinski definition) is 2. The molecule has 4 nitrogen and oxygen atoms in total. The lowest BCUT2D eigenvalue weighted by Crippen LogP contribution is -2.43. The van der Waals surface area contributed by atoms with E-state index in [1.807, 2.05) is 67.6 Å². The largest absolute Gasteiger partial charge is 0.372 e. The third kappa shape index (κ3) is 3.86. The van der Waals surface area contributed by atoms with Crippen LogP contribution in [-0.4, -0.2) is 19.7 Å². The van der Waals surface area contributed by atoms with Crippen molar-refractivity contribution in [3.63, 3.8) is 0 Å². The summed E-state index contributed by atoms with van der Waals surface area (Å²) in [6, 6.07) is 19.1. The highest BCUT2D eigenvalue weighted by Crippen LogP contribution is 2.28. The van der Waals surface area contributed by atoms with Crippen LogP contribution in [0.15, 0.2) is 60.7 Å². The van der Waals surface area contributed by atoms with Crippen molar-refractivity contribution in [3.8, 4) is 0 Å². The molecule has 0 radical (unpaired) electrons. The van der Waals surface area contributed by atoms with E-state index in [4.69, 9.17) is 4.74 Å². The number of carbonyl (C=O) groups excluding carboxylic acids is 1. The lowest BCUT2D eigenvalue weighted by atomic mass is 9.91. The first-order valence-electron chi connectivity index (χ1n) is 7.41.